The second kappa shape index (κ2) is 5.51. The Morgan fingerprint density at radius 2 is 2.00 bits per heavy atom. The van der Waals surface area contributed by atoms with Crippen LogP contribution in [0, 0.1) is 13.8 Å². The van der Waals surface area contributed by atoms with E-state index in [2.05, 4.69) is 30.7 Å². The van der Waals surface area contributed by atoms with Gasteiger partial charge in [-0.05, 0) is 32.8 Å². The van der Waals surface area contributed by atoms with Crippen LogP contribution in [0.3, 0.4) is 0 Å². The summed E-state index contributed by atoms with van der Waals surface area (Å²) < 4.78 is 5.64. The monoisotopic (exact) mass is 284 g/mol. The van der Waals surface area contributed by atoms with E-state index in [4.69, 9.17) is 16.3 Å². The first kappa shape index (κ1) is 13.7. The van der Waals surface area contributed by atoms with E-state index in [0.29, 0.717) is 17.6 Å². The van der Waals surface area contributed by atoms with Gasteiger partial charge in [0.05, 0.1) is 5.39 Å². The third-order valence-corrected chi connectivity index (χ3v) is 4.40. The lowest BCUT2D eigenvalue weighted by Crippen LogP contribution is -2.07. The molecule has 5 heteroatoms. The van der Waals surface area contributed by atoms with Crippen molar-refractivity contribution in [3.63, 3.8) is 0 Å². The van der Waals surface area contributed by atoms with Crippen LogP contribution in [0.4, 0.5) is 0 Å². The van der Waals surface area contributed by atoms with Crippen LogP contribution in [0.25, 0.3) is 10.2 Å². The van der Waals surface area contributed by atoms with Crippen molar-refractivity contribution in [3.05, 3.63) is 21.4 Å². The quantitative estimate of drug-likeness (QED) is 0.778. The number of rotatable bonds is 4. The van der Waals surface area contributed by atoms with Gasteiger partial charge >= 0.3 is 0 Å². The third-order valence-electron chi connectivity index (χ3n) is 3.03. The first-order chi connectivity index (χ1) is 8.58. The van der Waals surface area contributed by atoms with Gasteiger partial charge in [-0.3, -0.25) is 0 Å². The average Bonchev–Trinajstić information content (AvgIpc) is 2.62. The van der Waals surface area contributed by atoms with Gasteiger partial charge in [0.15, 0.2) is 5.82 Å². The SMILES string of the molecule is CCOC(CC)c1nc(Cl)c2c(C)c(C)sc2n1. The number of hydrogen-bond acceptors (Lipinski definition) is 4. The van der Waals surface area contributed by atoms with Crippen molar-refractivity contribution in [3.8, 4) is 0 Å². The fourth-order valence-electron chi connectivity index (χ4n) is 1.94. The molecule has 2 heterocycles. The minimum atomic E-state index is -0.0698. The van der Waals surface area contributed by atoms with E-state index in [0.717, 1.165) is 16.6 Å². The second-order valence-corrected chi connectivity index (χ2v) is 5.75. The molecule has 0 fully saturated rings. The highest BCUT2D eigenvalue weighted by Crippen LogP contribution is 2.34. The maximum atomic E-state index is 6.28. The Bertz CT molecular complexity index is 568. The molecule has 0 spiro atoms. The van der Waals surface area contributed by atoms with E-state index < -0.39 is 0 Å². The van der Waals surface area contributed by atoms with Crippen LogP contribution in [-0.2, 0) is 4.74 Å². The molecular formula is C13H17ClN2OS. The van der Waals surface area contributed by atoms with E-state index in [-0.39, 0.29) is 6.10 Å². The maximum absolute atomic E-state index is 6.28. The van der Waals surface area contributed by atoms with Gasteiger partial charge < -0.3 is 4.74 Å². The second-order valence-electron chi connectivity index (χ2n) is 4.19. The molecule has 0 bridgehead atoms. The molecule has 0 N–H and O–H groups in total. The first-order valence-electron chi connectivity index (χ1n) is 6.13. The summed E-state index contributed by atoms with van der Waals surface area (Å²) in [6, 6.07) is 0. The average molecular weight is 285 g/mol. The molecule has 1 atom stereocenters. The van der Waals surface area contributed by atoms with Crippen molar-refractivity contribution in [1.82, 2.24) is 9.97 Å². The summed E-state index contributed by atoms with van der Waals surface area (Å²) in [6.07, 6.45) is 0.776. The van der Waals surface area contributed by atoms with Crippen molar-refractivity contribution in [1.29, 1.82) is 0 Å². The number of halogens is 1. The molecule has 0 radical (unpaired) electrons. The van der Waals surface area contributed by atoms with Crippen LogP contribution in [0.2, 0.25) is 5.15 Å². The van der Waals surface area contributed by atoms with E-state index in [9.17, 15) is 0 Å². The van der Waals surface area contributed by atoms with Gasteiger partial charge in [0, 0.05) is 11.5 Å². The van der Waals surface area contributed by atoms with Gasteiger partial charge in [0.2, 0.25) is 0 Å². The molecule has 0 aliphatic carbocycles. The van der Waals surface area contributed by atoms with Crippen LogP contribution in [-0.4, -0.2) is 16.6 Å². The van der Waals surface area contributed by atoms with Gasteiger partial charge in [0.1, 0.15) is 16.1 Å². The predicted octanol–water partition coefficient (Wildman–Crippen LogP) is 4.45. The summed E-state index contributed by atoms with van der Waals surface area (Å²) in [6.45, 7) is 8.83. The molecule has 0 amide bonds. The highest BCUT2D eigenvalue weighted by molar-refractivity contribution is 7.18. The minimum Gasteiger partial charge on any atom is -0.371 e. The van der Waals surface area contributed by atoms with Gasteiger partial charge in [-0.25, -0.2) is 9.97 Å². The van der Waals surface area contributed by atoms with Crippen LogP contribution >= 0.6 is 22.9 Å². The number of aromatic nitrogens is 2. The molecule has 3 nitrogen and oxygen atoms in total. The van der Waals surface area contributed by atoms with Crippen LogP contribution in [0.15, 0.2) is 0 Å². The number of nitrogens with zero attached hydrogens (tertiary/aromatic N) is 2. The zero-order valence-electron chi connectivity index (χ0n) is 11.1. The van der Waals surface area contributed by atoms with Gasteiger partial charge in [-0.2, -0.15) is 0 Å². The lowest BCUT2D eigenvalue weighted by molar-refractivity contribution is 0.0538. The molecule has 0 aromatic carbocycles. The van der Waals surface area contributed by atoms with Gasteiger partial charge in [-0.15, -0.1) is 11.3 Å². The Morgan fingerprint density at radius 1 is 1.28 bits per heavy atom. The number of hydrogen-bond donors (Lipinski definition) is 0. The Kier molecular flexibility index (Phi) is 4.20. The molecule has 98 valence electrons. The largest absolute Gasteiger partial charge is 0.371 e. The molecule has 2 aromatic rings. The summed E-state index contributed by atoms with van der Waals surface area (Å²) in [7, 11) is 0. The molecule has 0 saturated carbocycles. The van der Waals surface area contributed by atoms with Crippen molar-refractivity contribution >= 4 is 33.2 Å². The van der Waals surface area contributed by atoms with Crippen LogP contribution in [0.5, 0.6) is 0 Å². The molecule has 0 aliphatic heterocycles. The molecule has 18 heavy (non-hydrogen) atoms. The van der Waals surface area contributed by atoms with E-state index in [1.807, 2.05) is 6.92 Å². The predicted molar refractivity (Wildman–Crippen MR) is 76.6 cm³/mol. The van der Waals surface area contributed by atoms with Gasteiger partial charge in [0.25, 0.3) is 0 Å². The zero-order valence-corrected chi connectivity index (χ0v) is 12.7. The highest BCUT2D eigenvalue weighted by atomic mass is 35.5. The van der Waals surface area contributed by atoms with Crippen molar-refractivity contribution in [2.24, 2.45) is 0 Å². The Morgan fingerprint density at radius 3 is 2.61 bits per heavy atom. The lowest BCUT2D eigenvalue weighted by atomic mass is 10.2. The summed E-state index contributed by atoms with van der Waals surface area (Å²) in [5.74, 6) is 0.693. The van der Waals surface area contributed by atoms with Crippen molar-refractivity contribution < 1.29 is 4.74 Å². The highest BCUT2D eigenvalue weighted by Gasteiger charge is 2.18. The summed E-state index contributed by atoms with van der Waals surface area (Å²) in [4.78, 5) is 11.2. The molecule has 0 aliphatic rings. The van der Waals surface area contributed by atoms with E-state index in [1.54, 1.807) is 11.3 Å². The molecule has 1 unspecified atom stereocenters. The fraction of sp³-hybridized carbons (Fsp3) is 0.538. The van der Waals surface area contributed by atoms with Crippen molar-refractivity contribution in [2.45, 2.75) is 40.2 Å². The number of thiophene rings is 1. The number of fused-ring (bicyclic) bond motifs is 1. The van der Waals surface area contributed by atoms with Crippen LogP contribution in [0.1, 0.15) is 42.6 Å². The minimum absolute atomic E-state index is 0.0698. The summed E-state index contributed by atoms with van der Waals surface area (Å²) in [5, 5.41) is 1.52. The molecular weight excluding hydrogens is 268 g/mol. The lowest BCUT2D eigenvalue weighted by Gasteiger charge is -2.13. The normalized spacial score (nSPS) is 13.2. The fourth-order valence-corrected chi connectivity index (χ4v) is 3.35. The smallest absolute Gasteiger partial charge is 0.160 e. The first-order valence-corrected chi connectivity index (χ1v) is 7.32. The molecule has 2 rings (SSSR count). The standard InChI is InChI=1S/C13H17ClN2OS/c1-5-9(17-6-2)12-15-11(14)10-7(3)8(4)18-13(10)16-12/h9H,5-6H2,1-4H3. The van der Waals surface area contributed by atoms with Crippen LogP contribution < -0.4 is 0 Å². The number of ether oxygens (including phenoxy) is 1. The van der Waals surface area contributed by atoms with E-state index >= 15 is 0 Å². The molecule has 2 aromatic heterocycles. The Labute approximate surface area is 116 Å². The van der Waals surface area contributed by atoms with Gasteiger partial charge in [-0.1, -0.05) is 18.5 Å². The Hall–Kier alpha value is -0.710. The summed E-state index contributed by atoms with van der Waals surface area (Å²) >= 11 is 7.94. The maximum Gasteiger partial charge on any atom is 0.160 e. The summed E-state index contributed by atoms with van der Waals surface area (Å²) in [5.41, 5.74) is 1.18. The topological polar surface area (TPSA) is 35.0 Å². The number of aryl methyl sites for hydroxylation is 2. The van der Waals surface area contributed by atoms with E-state index in [1.165, 1.54) is 10.4 Å². The Balaban J connectivity index is 2.55. The molecule has 0 saturated heterocycles. The third kappa shape index (κ3) is 2.37. The zero-order chi connectivity index (χ0) is 13.3. The van der Waals surface area contributed by atoms with Crippen molar-refractivity contribution in [2.75, 3.05) is 6.61 Å².